The Morgan fingerprint density at radius 1 is 1.47 bits per heavy atom. The lowest BCUT2D eigenvalue weighted by Crippen LogP contribution is -2.17. The van der Waals surface area contributed by atoms with Crippen LogP contribution in [0.2, 0.25) is 0 Å². The lowest BCUT2D eigenvalue weighted by Gasteiger charge is -1.94. The highest BCUT2D eigenvalue weighted by Crippen LogP contribution is 2.12. The summed E-state index contributed by atoms with van der Waals surface area (Å²) in [5.41, 5.74) is 1.89. The van der Waals surface area contributed by atoms with Crippen molar-refractivity contribution in [1.29, 1.82) is 0 Å². The van der Waals surface area contributed by atoms with Gasteiger partial charge < -0.3 is 4.42 Å². The Morgan fingerprint density at radius 3 is 2.82 bits per heavy atom. The van der Waals surface area contributed by atoms with E-state index in [1.807, 2.05) is 19.9 Å². The average Bonchev–Trinajstić information content (AvgIpc) is 2.93. The standard InChI is InChI=1S/C13H15NO.C2H6/c1-3-5-7-10(4-2)13-14-11-8-6-9-12(11)15-13;1-2/h4,7-9H,2-3,5-6H2,1H3;1-2H3/b10-7+;. The lowest BCUT2D eigenvalue weighted by atomic mass is 10.2. The van der Waals surface area contributed by atoms with Crippen LogP contribution in [-0.4, -0.2) is 4.98 Å². The number of fused-ring (bicyclic) bond motifs is 1. The fraction of sp³-hybridized carbons (Fsp3) is 0.400. The van der Waals surface area contributed by atoms with Gasteiger partial charge in [0.05, 0.1) is 0 Å². The van der Waals surface area contributed by atoms with Gasteiger partial charge in [0.1, 0.15) is 5.35 Å². The molecule has 17 heavy (non-hydrogen) atoms. The Kier molecular flexibility index (Phi) is 5.47. The number of hydrogen-bond donors (Lipinski definition) is 0. The summed E-state index contributed by atoms with van der Waals surface area (Å²) in [6.45, 7) is 9.93. The lowest BCUT2D eigenvalue weighted by molar-refractivity contribution is 0.511. The first-order valence-electron chi connectivity index (χ1n) is 6.35. The molecule has 0 fully saturated rings. The molecule has 0 spiro atoms. The van der Waals surface area contributed by atoms with Gasteiger partial charge >= 0.3 is 0 Å². The molecule has 1 heterocycles. The molecule has 1 aliphatic rings. The Bertz CT molecular complexity index is 474. The summed E-state index contributed by atoms with van der Waals surface area (Å²) in [4.78, 5) is 4.42. The molecule has 0 saturated carbocycles. The quantitative estimate of drug-likeness (QED) is 0.744. The summed E-state index contributed by atoms with van der Waals surface area (Å²) in [5, 5.41) is 0.967. The van der Waals surface area contributed by atoms with Crippen LogP contribution in [0.5, 0.6) is 0 Å². The van der Waals surface area contributed by atoms with Crippen LogP contribution in [0.4, 0.5) is 0 Å². The SMILES string of the molecule is C=C/C(=C\CCC)c1nc2c(o1)=CCC=2.CC. The molecule has 2 nitrogen and oxygen atoms in total. The van der Waals surface area contributed by atoms with Crippen LogP contribution in [0.15, 0.2) is 23.1 Å². The first-order chi connectivity index (χ1) is 8.35. The molecule has 92 valence electrons. The number of hydrogen-bond acceptors (Lipinski definition) is 2. The molecule has 0 unspecified atom stereocenters. The van der Waals surface area contributed by atoms with Gasteiger partial charge in [-0.25, -0.2) is 4.98 Å². The predicted octanol–water partition coefficient (Wildman–Crippen LogP) is 3.04. The second-order valence-electron chi connectivity index (χ2n) is 3.56. The second kappa shape index (κ2) is 6.89. The minimum absolute atomic E-state index is 0.690. The van der Waals surface area contributed by atoms with E-state index in [-0.39, 0.29) is 0 Å². The van der Waals surface area contributed by atoms with Gasteiger partial charge in [-0.05, 0) is 18.9 Å². The van der Waals surface area contributed by atoms with E-state index < -0.39 is 0 Å². The van der Waals surface area contributed by atoms with Gasteiger partial charge in [0.2, 0.25) is 5.89 Å². The van der Waals surface area contributed by atoms with Crippen LogP contribution >= 0.6 is 0 Å². The molecule has 0 bridgehead atoms. The molecule has 1 aromatic heterocycles. The van der Waals surface area contributed by atoms with Crippen molar-refractivity contribution < 1.29 is 4.42 Å². The van der Waals surface area contributed by atoms with Crippen LogP contribution in [0, 0.1) is 0 Å². The number of unbranched alkanes of at least 4 members (excludes halogenated alkanes) is 1. The number of allylic oxidation sites excluding steroid dienone is 3. The van der Waals surface area contributed by atoms with Crippen molar-refractivity contribution in [3.05, 3.63) is 35.4 Å². The number of aromatic nitrogens is 1. The first kappa shape index (κ1) is 13.5. The zero-order chi connectivity index (χ0) is 12.7. The summed E-state index contributed by atoms with van der Waals surface area (Å²) in [6, 6.07) is 0. The molecule has 0 saturated heterocycles. The molecular weight excluding hydrogens is 210 g/mol. The third kappa shape index (κ3) is 3.19. The average molecular weight is 231 g/mol. The van der Waals surface area contributed by atoms with Gasteiger partial charge in [0, 0.05) is 5.57 Å². The highest BCUT2D eigenvalue weighted by molar-refractivity contribution is 5.67. The van der Waals surface area contributed by atoms with Gasteiger partial charge in [-0.15, -0.1) is 0 Å². The summed E-state index contributed by atoms with van der Waals surface area (Å²) >= 11 is 0. The molecule has 0 atom stereocenters. The van der Waals surface area contributed by atoms with Gasteiger partial charge in [-0.3, -0.25) is 0 Å². The number of rotatable bonds is 4. The highest BCUT2D eigenvalue weighted by Gasteiger charge is 2.07. The Hall–Kier alpha value is -1.57. The molecule has 0 amide bonds. The minimum atomic E-state index is 0.690. The zero-order valence-electron chi connectivity index (χ0n) is 11.0. The van der Waals surface area contributed by atoms with Crippen molar-refractivity contribution >= 4 is 17.7 Å². The van der Waals surface area contributed by atoms with Crippen molar-refractivity contribution in [2.24, 2.45) is 0 Å². The van der Waals surface area contributed by atoms with Gasteiger partial charge in [0.15, 0.2) is 5.42 Å². The topological polar surface area (TPSA) is 26.0 Å². The van der Waals surface area contributed by atoms with Crippen LogP contribution in [-0.2, 0) is 0 Å². The van der Waals surface area contributed by atoms with E-state index in [1.54, 1.807) is 6.08 Å². The van der Waals surface area contributed by atoms with Crippen molar-refractivity contribution in [2.45, 2.75) is 40.0 Å². The molecule has 0 aromatic carbocycles. The van der Waals surface area contributed by atoms with Crippen molar-refractivity contribution in [2.75, 3.05) is 0 Å². The molecular formula is C15H21NO. The van der Waals surface area contributed by atoms with E-state index in [0.717, 1.165) is 35.6 Å². The fourth-order valence-electron chi connectivity index (χ4n) is 1.60. The second-order valence-corrected chi connectivity index (χ2v) is 3.56. The smallest absolute Gasteiger partial charge is 0.226 e. The highest BCUT2D eigenvalue weighted by atomic mass is 16.3. The van der Waals surface area contributed by atoms with E-state index >= 15 is 0 Å². The summed E-state index contributed by atoms with van der Waals surface area (Å²) < 4.78 is 5.64. The van der Waals surface area contributed by atoms with Crippen molar-refractivity contribution in [3.63, 3.8) is 0 Å². The maximum atomic E-state index is 5.64. The van der Waals surface area contributed by atoms with E-state index in [0.29, 0.717) is 5.89 Å². The molecule has 2 heteroatoms. The van der Waals surface area contributed by atoms with Crippen LogP contribution in [0.1, 0.15) is 45.9 Å². The molecule has 0 aliphatic heterocycles. The summed E-state index contributed by atoms with van der Waals surface area (Å²) in [6.07, 6.45) is 11.1. The molecule has 1 aliphatic carbocycles. The monoisotopic (exact) mass is 231 g/mol. The maximum Gasteiger partial charge on any atom is 0.226 e. The summed E-state index contributed by atoms with van der Waals surface area (Å²) in [5.74, 6) is 0.690. The van der Waals surface area contributed by atoms with Crippen molar-refractivity contribution in [1.82, 2.24) is 4.98 Å². The number of oxazole rings is 1. The molecule has 2 rings (SSSR count). The normalized spacial score (nSPS) is 13.0. The van der Waals surface area contributed by atoms with Crippen molar-refractivity contribution in [3.8, 4) is 0 Å². The molecule has 0 radical (unpaired) electrons. The van der Waals surface area contributed by atoms with E-state index in [1.165, 1.54) is 0 Å². The Balaban J connectivity index is 0.000000686. The largest absolute Gasteiger partial charge is 0.436 e. The van der Waals surface area contributed by atoms with E-state index in [9.17, 15) is 0 Å². The van der Waals surface area contributed by atoms with Crippen LogP contribution in [0.3, 0.4) is 0 Å². The Morgan fingerprint density at radius 2 is 2.24 bits per heavy atom. The van der Waals surface area contributed by atoms with Gasteiger partial charge in [0.25, 0.3) is 0 Å². The van der Waals surface area contributed by atoms with E-state index in [4.69, 9.17) is 4.42 Å². The van der Waals surface area contributed by atoms with Gasteiger partial charge in [-0.2, -0.15) is 0 Å². The van der Waals surface area contributed by atoms with Crippen LogP contribution in [0.25, 0.3) is 17.7 Å². The van der Waals surface area contributed by atoms with Gasteiger partial charge in [-0.1, -0.05) is 52.0 Å². The maximum absolute atomic E-state index is 5.64. The minimum Gasteiger partial charge on any atom is -0.436 e. The molecule has 0 N–H and O–H groups in total. The fourth-order valence-corrected chi connectivity index (χ4v) is 1.60. The third-order valence-corrected chi connectivity index (χ3v) is 2.42. The third-order valence-electron chi connectivity index (χ3n) is 2.42. The molecule has 1 aromatic rings. The summed E-state index contributed by atoms with van der Waals surface area (Å²) in [7, 11) is 0. The zero-order valence-corrected chi connectivity index (χ0v) is 11.0. The van der Waals surface area contributed by atoms with Crippen LogP contribution < -0.4 is 10.8 Å². The first-order valence-corrected chi connectivity index (χ1v) is 6.35. The number of nitrogens with zero attached hydrogens (tertiary/aromatic N) is 1. The van der Waals surface area contributed by atoms with E-state index in [2.05, 4.69) is 30.6 Å². The predicted molar refractivity (Wildman–Crippen MR) is 73.7 cm³/mol. The Labute approximate surface area is 103 Å².